The molecule has 3 rings (SSSR count). The second-order valence-electron chi connectivity index (χ2n) is 7.35. The minimum atomic E-state index is -4.00. The zero-order valence-electron chi connectivity index (χ0n) is 15.2. The van der Waals surface area contributed by atoms with Gasteiger partial charge in [0.1, 0.15) is 5.60 Å². The van der Waals surface area contributed by atoms with Crippen LogP contribution in [0.15, 0.2) is 22.0 Å². The van der Waals surface area contributed by atoms with Crippen LogP contribution in [0.5, 0.6) is 0 Å². The summed E-state index contributed by atoms with van der Waals surface area (Å²) in [6, 6.07) is 0.999. The van der Waals surface area contributed by atoms with Gasteiger partial charge in [0.05, 0.1) is 28.3 Å². The highest BCUT2D eigenvalue weighted by Crippen LogP contribution is 2.43. The van der Waals surface area contributed by atoms with Crippen LogP contribution in [-0.2, 0) is 20.3 Å². The van der Waals surface area contributed by atoms with Crippen molar-refractivity contribution in [3.05, 3.63) is 34.2 Å². The van der Waals surface area contributed by atoms with Crippen LogP contribution in [-0.4, -0.2) is 30.1 Å². The molecule has 0 radical (unpaired) electrons. The van der Waals surface area contributed by atoms with Gasteiger partial charge < -0.3 is 4.74 Å². The first-order valence-electron chi connectivity index (χ1n) is 8.35. The number of aromatic nitrogens is 2. The van der Waals surface area contributed by atoms with Gasteiger partial charge in [0.15, 0.2) is 10.8 Å². The molecule has 1 fully saturated rings. The quantitative estimate of drug-likeness (QED) is 0.799. The van der Waals surface area contributed by atoms with Crippen molar-refractivity contribution in [2.75, 3.05) is 5.32 Å². The van der Waals surface area contributed by atoms with E-state index in [0.717, 1.165) is 18.9 Å². The molecule has 0 saturated heterocycles. The smallest absolute Gasteiger partial charge is 0.412 e. The van der Waals surface area contributed by atoms with Crippen molar-refractivity contribution < 1.29 is 22.3 Å². The average Bonchev–Trinajstić information content (AvgIpc) is 3.22. The fourth-order valence-corrected chi connectivity index (χ4v) is 4.40. The highest BCUT2D eigenvalue weighted by Gasteiger charge is 2.33. The topological polar surface area (TPSA) is 98.2 Å². The summed E-state index contributed by atoms with van der Waals surface area (Å²) in [4.78, 5) is 20.0. The van der Waals surface area contributed by atoms with Crippen LogP contribution in [0.2, 0.25) is 0 Å². The fourth-order valence-electron chi connectivity index (χ4n) is 2.46. The number of sulfone groups is 1. The molecule has 1 aliphatic carbocycles. The lowest BCUT2D eigenvalue weighted by Crippen LogP contribution is -2.27. The number of anilines is 1. The summed E-state index contributed by atoms with van der Waals surface area (Å²) in [5, 5.41) is 3.46. The Bertz CT molecular complexity index is 949. The van der Waals surface area contributed by atoms with Crippen LogP contribution in [0.3, 0.4) is 0 Å². The molecular formula is C17H20FN3O4S2. The second kappa shape index (κ2) is 7.16. The predicted octanol–water partition coefficient (Wildman–Crippen LogP) is 3.88. The van der Waals surface area contributed by atoms with Crippen molar-refractivity contribution in [3.63, 3.8) is 0 Å². The van der Waals surface area contributed by atoms with Crippen LogP contribution < -0.4 is 5.32 Å². The Kier molecular flexibility index (Phi) is 5.22. The Balaban J connectivity index is 1.92. The molecule has 0 spiro atoms. The van der Waals surface area contributed by atoms with Crippen molar-refractivity contribution in [1.29, 1.82) is 0 Å². The summed E-state index contributed by atoms with van der Waals surface area (Å²) in [6.45, 7) is 5.13. The lowest BCUT2D eigenvalue weighted by atomic mass is 10.2. The minimum absolute atomic E-state index is 0.0104. The molecule has 10 heteroatoms. The number of thiazole rings is 1. The largest absolute Gasteiger partial charge is 0.444 e. The summed E-state index contributed by atoms with van der Waals surface area (Å²) < 4.78 is 44.9. The van der Waals surface area contributed by atoms with Gasteiger partial charge in [-0.2, -0.15) is 0 Å². The molecule has 1 saturated carbocycles. The lowest BCUT2D eigenvalue weighted by molar-refractivity contribution is 0.0635. The third-order valence-electron chi connectivity index (χ3n) is 3.69. The van der Waals surface area contributed by atoms with Gasteiger partial charge in [0.25, 0.3) is 0 Å². The molecule has 7 nitrogen and oxygen atoms in total. The van der Waals surface area contributed by atoms with Gasteiger partial charge in [-0.05, 0) is 33.6 Å². The third kappa shape index (κ3) is 5.01. The highest BCUT2D eigenvalue weighted by atomic mass is 32.2. The van der Waals surface area contributed by atoms with Gasteiger partial charge in [-0.3, -0.25) is 5.32 Å². The molecule has 0 atom stereocenters. The van der Waals surface area contributed by atoms with Crippen molar-refractivity contribution in [3.8, 4) is 0 Å². The van der Waals surface area contributed by atoms with Crippen LogP contribution in [0, 0.1) is 5.82 Å². The zero-order chi connectivity index (χ0) is 19.8. The van der Waals surface area contributed by atoms with Gasteiger partial charge in [-0.25, -0.2) is 27.6 Å². The number of ether oxygens (including phenoxy) is 1. The molecule has 1 amide bonds. The van der Waals surface area contributed by atoms with Gasteiger partial charge >= 0.3 is 6.09 Å². The minimum Gasteiger partial charge on any atom is -0.444 e. The summed E-state index contributed by atoms with van der Waals surface area (Å²) in [5.41, 5.74) is 1.63. The van der Waals surface area contributed by atoms with E-state index in [0.29, 0.717) is 11.4 Å². The molecule has 2 heterocycles. The summed E-state index contributed by atoms with van der Waals surface area (Å²) in [6.07, 6.45) is 0.851. The number of halogens is 1. The molecule has 0 aliphatic heterocycles. The SMILES string of the molecule is CC(C)(C)OC(=O)Nc1cc(F)c(S(=O)(=O)Cc2cscn2)nc1C1CC1. The molecule has 2 aromatic heterocycles. The molecule has 1 N–H and O–H groups in total. The number of nitrogens with zero attached hydrogens (tertiary/aromatic N) is 2. The number of amides is 1. The van der Waals surface area contributed by atoms with Crippen molar-refractivity contribution >= 4 is 33.0 Å². The molecule has 1 aliphatic rings. The molecule has 27 heavy (non-hydrogen) atoms. The summed E-state index contributed by atoms with van der Waals surface area (Å²) in [7, 11) is -4.00. The Hall–Kier alpha value is -2.07. The lowest BCUT2D eigenvalue weighted by Gasteiger charge is -2.20. The maximum atomic E-state index is 14.6. The van der Waals surface area contributed by atoms with Crippen LogP contribution in [0.25, 0.3) is 0 Å². The Morgan fingerprint density at radius 2 is 2.11 bits per heavy atom. The first-order chi connectivity index (χ1) is 12.5. The molecule has 2 aromatic rings. The summed E-state index contributed by atoms with van der Waals surface area (Å²) in [5.74, 6) is -1.45. The van der Waals surface area contributed by atoms with E-state index in [1.54, 1.807) is 26.2 Å². The second-order valence-corrected chi connectivity index (χ2v) is 9.97. The van der Waals surface area contributed by atoms with Gasteiger partial charge in [0.2, 0.25) is 9.84 Å². The van der Waals surface area contributed by atoms with Crippen LogP contribution >= 0.6 is 11.3 Å². The van der Waals surface area contributed by atoms with E-state index in [4.69, 9.17) is 4.74 Å². The average molecular weight is 413 g/mol. The third-order valence-corrected chi connectivity index (χ3v) is 5.88. The molecule has 146 valence electrons. The molecular weight excluding hydrogens is 393 g/mol. The standard InChI is InChI=1S/C17H20FN3O4S2/c1-17(2,3)25-16(22)20-13-6-12(18)15(21-14(13)10-4-5-10)27(23,24)8-11-7-26-9-19-11/h6-7,9-10H,4-5,8H2,1-3H3,(H,20,22). The van der Waals surface area contributed by atoms with Gasteiger partial charge in [-0.1, -0.05) is 0 Å². The number of pyridine rings is 1. The van der Waals surface area contributed by atoms with E-state index in [-0.39, 0.29) is 11.6 Å². The normalized spacial score (nSPS) is 14.8. The molecule has 0 unspecified atom stereocenters. The van der Waals surface area contributed by atoms with E-state index < -0.39 is 38.1 Å². The first kappa shape index (κ1) is 19.7. The van der Waals surface area contributed by atoms with Gasteiger partial charge in [0, 0.05) is 17.4 Å². The van der Waals surface area contributed by atoms with E-state index in [9.17, 15) is 17.6 Å². The number of hydrogen-bond donors (Lipinski definition) is 1. The number of nitrogens with one attached hydrogen (secondary N) is 1. The van der Waals surface area contributed by atoms with E-state index >= 15 is 0 Å². The number of carbonyl (C=O) groups is 1. The van der Waals surface area contributed by atoms with E-state index in [1.807, 2.05) is 0 Å². The Labute approximate surface area is 160 Å². The molecule has 0 bridgehead atoms. The van der Waals surface area contributed by atoms with E-state index in [1.165, 1.54) is 16.8 Å². The number of rotatable bonds is 5. The van der Waals surface area contributed by atoms with Crippen LogP contribution in [0.1, 0.15) is 50.9 Å². The highest BCUT2D eigenvalue weighted by molar-refractivity contribution is 7.90. The maximum absolute atomic E-state index is 14.6. The Morgan fingerprint density at radius 1 is 1.41 bits per heavy atom. The number of hydrogen-bond acceptors (Lipinski definition) is 7. The van der Waals surface area contributed by atoms with Crippen molar-refractivity contribution in [2.45, 2.75) is 55.9 Å². The van der Waals surface area contributed by atoms with Crippen molar-refractivity contribution in [2.24, 2.45) is 0 Å². The number of carbonyl (C=O) groups excluding carboxylic acids is 1. The van der Waals surface area contributed by atoms with E-state index in [2.05, 4.69) is 15.3 Å². The fraction of sp³-hybridized carbons (Fsp3) is 0.471. The predicted molar refractivity (Wildman–Crippen MR) is 99.0 cm³/mol. The van der Waals surface area contributed by atoms with Gasteiger partial charge in [-0.15, -0.1) is 11.3 Å². The maximum Gasteiger partial charge on any atom is 0.412 e. The zero-order valence-corrected chi connectivity index (χ0v) is 16.8. The van der Waals surface area contributed by atoms with Crippen LogP contribution in [0.4, 0.5) is 14.9 Å². The molecule has 0 aromatic carbocycles. The Morgan fingerprint density at radius 3 is 2.67 bits per heavy atom. The van der Waals surface area contributed by atoms with Crippen molar-refractivity contribution in [1.82, 2.24) is 9.97 Å². The first-order valence-corrected chi connectivity index (χ1v) is 10.9. The monoisotopic (exact) mass is 413 g/mol. The summed E-state index contributed by atoms with van der Waals surface area (Å²) >= 11 is 1.26.